The van der Waals surface area contributed by atoms with E-state index in [1.807, 2.05) is 0 Å². The molecule has 0 radical (unpaired) electrons. The van der Waals surface area contributed by atoms with E-state index in [4.69, 9.17) is 9.47 Å². The van der Waals surface area contributed by atoms with Crippen molar-refractivity contribution in [2.24, 2.45) is 0 Å². The minimum Gasteiger partial charge on any atom is -0.469 e. The molecule has 0 aliphatic carbocycles. The molecule has 7 nitrogen and oxygen atoms in total. The average molecular weight is 331 g/mol. The molecule has 0 fully saturated rings. The van der Waals surface area contributed by atoms with Gasteiger partial charge in [-0.2, -0.15) is 0 Å². The highest BCUT2D eigenvalue weighted by Crippen LogP contribution is 2.17. The molecule has 0 aliphatic rings. The van der Waals surface area contributed by atoms with Crippen molar-refractivity contribution in [2.45, 2.75) is 71.6 Å². The molecule has 1 amide bonds. The third-order valence-corrected chi connectivity index (χ3v) is 2.68. The molecular formula is C16H29NO6. The summed E-state index contributed by atoms with van der Waals surface area (Å²) in [6.45, 7) is 10.4. The van der Waals surface area contributed by atoms with Crippen LogP contribution in [0.15, 0.2) is 0 Å². The Balaban J connectivity index is 5.12. The summed E-state index contributed by atoms with van der Waals surface area (Å²) in [5, 5.41) is 0. The largest absolute Gasteiger partial charge is 0.469 e. The van der Waals surface area contributed by atoms with E-state index in [2.05, 4.69) is 4.74 Å². The SMILES string of the molecule is COC(=O)CC[C@@H](C(=O)OC(C)(C)C)N(C)C(=O)OC(C)(C)C. The number of amides is 1. The second-order valence-electron chi connectivity index (χ2n) is 7.26. The molecule has 0 heterocycles. The van der Waals surface area contributed by atoms with Gasteiger partial charge in [0, 0.05) is 13.5 Å². The number of esters is 2. The van der Waals surface area contributed by atoms with Crippen molar-refractivity contribution in [3.05, 3.63) is 0 Å². The molecule has 0 saturated carbocycles. The molecule has 0 saturated heterocycles. The molecule has 1 atom stereocenters. The van der Waals surface area contributed by atoms with Crippen LogP contribution in [0, 0.1) is 0 Å². The summed E-state index contributed by atoms with van der Waals surface area (Å²) in [5.41, 5.74) is -1.39. The van der Waals surface area contributed by atoms with Crippen LogP contribution < -0.4 is 0 Å². The summed E-state index contributed by atoms with van der Waals surface area (Å²) < 4.78 is 15.2. The van der Waals surface area contributed by atoms with E-state index in [-0.39, 0.29) is 12.8 Å². The highest BCUT2D eigenvalue weighted by Gasteiger charge is 2.33. The van der Waals surface area contributed by atoms with Crippen LogP contribution >= 0.6 is 0 Å². The minimum atomic E-state index is -0.928. The quantitative estimate of drug-likeness (QED) is 0.569. The summed E-state index contributed by atoms with van der Waals surface area (Å²) in [7, 11) is 2.71. The lowest BCUT2D eigenvalue weighted by atomic mass is 10.1. The molecule has 134 valence electrons. The Morgan fingerprint density at radius 3 is 1.83 bits per heavy atom. The summed E-state index contributed by atoms with van der Waals surface area (Å²) in [5.74, 6) is -1.05. The van der Waals surface area contributed by atoms with Gasteiger partial charge in [0.2, 0.25) is 0 Å². The second-order valence-corrected chi connectivity index (χ2v) is 7.26. The summed E-state index contributed by atoms with van der Waals surface area (Å²) in [6, 6.07) is -0.928. The molecule has 0 aromatic rings. The van der Waals surface area contributed by atoms with Crippen LogP contribution in [0.25, 0.3) is 0 Å². The Morgan fingerprint density at radius 2 is 1.43 bits per heavy atom. The third kappa shape index (κ3) is 9.05. The topological polar surface area (TPSA) is 82.1 Å². The molecule has 0 bridgehead atoms. The predicted octanol–water partition coefficient (Wildman–Crippen LogP) is 2.52. The zero-order valence-electron chi connectivity index (χ0n) is 15.4. The van der Waals surface area contributed by atoms with Gasteiger partial charge >= 0.3 is 18.0 Å². The molecule has 0 rings (SSSR count). The van der Waals surface area contributed by atoms with Gasteiger partial charge in [-0.25, -0.2) is 9.59 Å². The van der Waals surface area contributed by atoms with Crippen molar-refractivity contribution in [3.63, 3.8) is 0 Å². The maximum atomic E-state index is 12.3. The average Bonchev–Trinajstić information content (AvgIpc) is 2.34. The first-order chi connectivity index (χ1) is 10.3. The number of carbonyl (C=O) groups excluding carboxylic acids is 3. The van der Waals surface area contributed by atoms with Crippen molar-refractivity contribution in [2.75, 3.05) is 14.2 Å². The maximum Gasteiger partial charge on any atom is 0.410 e. The molecule has 23 heavy (non-hydrogen) atoms. The number of rotatable bonds is 5. The predicted molar refractivity (Wildman–Crippen MR) is 84.9 cm³/mol. The van der Waals surface area contributed by atoms with Crippen molar-refractivity contribution >= 4 is 18.0 Å². The van der Waals surface area contributed by atoms with Crippen LogP contribution in [0.4, 0.5) is 4.79 Å². The van der Waals surface area contributed by atoms with Crippen molar-refractivity contribution in [1.82, 2.24) is 4.90 Å². The number of carbonyl (C=O) groups is 3. The monoisotopic (exact) mass is 331 g/mol. The normalized spacial score (nSPS) is 13.0. The van der Waals surface area contributed by atoms with Gasteiger partial charge in [-0.1, -0.05) is 0 Å². The lowest BCUT2D eigenvalue weighted by molar-refractivity contribution is -0.161. The van der Waals surface area contributed by atoms with Gasteiger partial charge in [0.15, 0.2) is 0 Å². The van der Waals surface area contributed by atoms with Gasteiger partial charge in [-0.15, -0.1) is 0 Å². The minimum absolute atomic E-state index is 0.00640. The zero-order valence-corrected chi connectivity index (χ0v) is 15.4. The van der Waals surface area contributed by atoms with Crippen LogP contribution in [0.1, 0.15) is 54.4 Å². The van der Waals surface area contributed by atoms with Gasteiger partial charge in [-0.05, 0) is 48.0 Å². The standard InChI is InChI=1S/C16H29NO6/c1-15(2,3)22-13(19)11(9-10-12(18)21-8)17(7)14(20)23-16(4,5)6/h11H,9-10H2,1-8H3/t11-/m0/s1. The van der Waals surface area contributed by atoms with E-state index in [1.165, 1.54) is 14.2 Å². The Kier molecular flexibility index (Phi) is 7.54. The number of methoxy groups -OCH3 is 1. The molecule has 7 heteroatoms. The Morgan fingerprint density at radius 1 is 0.957 bits per heavy atom. The summed E-state index contributed by atoms with van der Waals surface area (Å²) in [4.78, 5) is 37.0. The number of ether oxygens (including phenoxy) is 3. The zero-order chi connectivity index (χ0) is 18.4. The van der Waals surface area contributed by atoms with Crippen molar-refractivity contribution in [1.29, 1.82) is 0 Å². The Bertz CT molecular complexity index is 433. The van der Waals surface area contributed by atoms with Gasteiger partial charge in [0.05, 0.1) is 7.11 Å². The highest BCUT2D eigenvalue weighted by molar-refractivity contribution is 5.82. The van der Waals surface area contributed by atoms with Crippen LogP contribution in [0.5, 0.6) is 0 Å². The first kappa shape index (κ1) is 21.2. The van der Waals surface area contributed by atoms with E-state index >= 15 is 0 Å². The van der Waals surface area contributed by atoms with Crippen molar-refractivity contribution < 1.29 is 28.6 Å². The molecule has 0 aromatic carbocycles. The van der Waals surface area contributed by atoms with E-state index in [0.29, 0.717) is 0 Å². The molecule has 0 aromatic heterocycles. The second kappa shape index (κ2) is 8.17. The Hall–Kier alpha value is -1.79. The molecule has 0 spiro atoms. The van der Waals surface area contributed by atoms with E-state index in [9.17, 15) is 14.4 Å². The van der Waals surface area contributed by atoms with E-state index < -0.39 is 35.3 Å². The Labute approximate surface area is 138 Å². The lowest BCUT2D eigenvalue weighted by Crippen LogP contribution is -2.47. The summed E-state index contributed by atoms with van der Waals surface area (Å²) >= 11 is 0. The third-order valence-electron chi connectivity index (χ3n) is 2.68. The number of hydrogen-bond acceptors (Lipinski definition) is 6. The molecule has 0 N–H and O–H groups in total. The fourth-order valence-electron chi connectivity index (χ4n) is 1.66. The molecule has 0 unspecified atom stereocenters. The molecule has 0 aliphatic heterocycles. The maximum absolute atomic E-state index is 12.3. The number of hydrogen-bond donors (Lipinski definition) is 0. The number of nitrogens with zero attached hydrogens (tertiary/aromatic N) is 1. The van der Waals surface area contributed by atoms with Gasteiger partial charge < -0.3 is 14.2 Å². The van der Waals surface area contributed by atoms with Crippen LogP contribution in [0.2, 0.25) is 0 Å². The highest BCUT2D eigenvalue weighted by atomic mass is 16.6. The smallest absolute Gasteiger partial charge is 0.410 e. The van der Waals surface area contributed by atoms with Crippen molar-refractivity contribution in [3.8, 4) is 0 Å². The molecular weight excluding hydrogens is 302 g/mol. The summed E-state index contributed by atoms with van der Waals surface area (Å²) in [6.07, 6.45) is -0.566. The lowest BCUT2D eigenvalue weighted by Gasteiger charge is -2.31. The van der Waals surface area contributed by atoms with Crippen LogP contribution in [-0.2, 0) is 23.8 Å². The van der Waals surface area contributed by atoms with Crippen LogP contribution in [-0.4, -0.2) is 54.3 Å². The first-order valence-corrected chi connectivity index (χ1v) is 7.52. The van der Waals surface area contributed by atoms with Gasteiger partial charge in [0.1, 0.15) is 17.2 Å². The number of likely N-dealkylation sites (N-methyl/N-ethyl adjacent to an activating group) is 1. The van der Waals surface area contributed by atoms with Gasteiger partial charge in [0.25, 0.3) is 0 Å². The van der Waals surface area contributed by atoms with E-state index in [0.717, 1.165) is 4.90 Å². The van der Waals surface area contributed by atoms with E-state index in [1.54, 1.807) is 41.5 Å². The van der Waals surface area contributed by atoms with Crippen LogP contribution in [0.3, 0.4) is 0 Å². The van der Waals surface area contributed by atoms with Gasteiger partial charge in [-0.3, -0.25) is 9.69 Å². The fraction of sp³-hybridized carbons (Fsp3) is 0.812. The first-order valence-electron chi connectivity index (χ1n) is 7.52. The fourth-order valence-corrected chi connectivity index (χ4v) is 1.66.